The third-order valence-electron chi connectivity index (χ3n) is 3.02. The lowest BCUT2D eigenvalue weighted by Gasteiger charge is -2.09. The molecule has 0 unspecified atom stereocenters. The first-order chi connectivity index (χ1) is 10.2. The Balaban J connectivity index is 2.16. The van der Waals surface area contributed by atoms with E-state index in [1.807, 2.05) is 0 Å². The van der Waals surface area contributed by atoms with E-state index in [1.54, 1.807) is 44.6 Å². The average Bonchev–Trinajstić information content (AvgIpc) is 2.54. The number of nitrogens with zero attached hydrogens (tertiary/aromatic N) is 1. The molecule has 1 aromatic carbocycles. The molecule has 1 aromatic heterocycles. The summed E-state index contributed by atoms with van der Waals surface area (Å²) in [7, 11) is 3.10. The molecule has 0 N–H and O–H groups in total. The topological polar surface area (TPSA) is 65.5 Å². The first-order valence-electron chi connectivity index (χ1n) is 6.33. The Bertz CT molecular complexity index is 650. The van der Waals surface area contributed by atoms with E-state index in [0.29, 0.717) is 29.0 Å². The van der Waals surface area contributed by atoms with Crippen LogP contribution in [0, 0.1) is 0 Å². The van der Waals surface area contributed by atoms with Crippen LogP contribution >= 0.6 is 0 Å². The van der Waals surface area contributed by atoms with Crippen molar-refractivity contribution in [1.29, 1.82) is 0 Å². The lowest BCUT2D eigenvalue weighted by molar-refractivity contribution is 0.0987. The molecule has 5 heteroatoms. The van der Waals surface area contributed by atoms with Gasteiger partial charge < -0.3 is 9.47 Å². The van der Waals surface area contributed by atoms with Crippen molar-refractivity contribution in [2.24, 2.45) is 0 Å². The molecule has 0 saturated heterocycles. The third kappa shape index (κ3) is 3.45. The number of ketones is 1. The quantitative estimate of drug-likeness (QED) is 0.602. The smallest absolute Gasteiger partial charge is 0.185 e. The summed E-state index contributed by atoms with van der Waals surface area (Å²) in [4.78, 5) is 26.7. The Morgan fingerprint density at radius 3 is 2.48 bits per heavy atom. The molecule has 1 heterocycles. The lowest BCUT2D eigenvalue weighted by Crippen LogP contribution is -2.06. The summed E-state index contributed by atoms with van der Waals surface area (Å²) in [5, 5.41) is 0. The van der Waals surface area contributed by atoms with E-state index >= 15 is 0 Å². The second-order valence-electron chi connectivity index (χ2n) is 4.38. The van der Waals surface area contributed by atoms with Gasteiger partial charge in [-0.3, -0.25) is 14.6 Å². The van der Waals surface area contributed by atoms with Gasteiger partial charge >= 0.3 is 0 Å². The van der Waals surface area contributed by atoms with Crippen LogP contribution < -0.4 is 9.47 Å². The van der Waals surface area contributed by atoms with Gasteiger partial charge in [0.2, 0.25) is 0 Å². The van der Waals surface area contributed by atoms with Gasteiger partial charge in [-0.25, -0.2) is 0 Å². The maximum absolute atomic E-state index is 12.1. The summed E-state index contributed by atoms with van der Waals surface area (Å²) in [6, 6.07) is 8.44. The second-order valence-corrected chi connectivity index (χ2v) is 4.38. The number of hydrogen-bond acceptors (Lipinski definition) is 5. The number of rotatable bonds is 6. The first kappa shape index (κ1) is 14.7. The van der Waals surface area contributed by atoms with E-state index in [-0.39, 0.29) is 12.2 Å². The van der Waals surface area contributed by atoms with Gasteiger partial charge in [0.25, 0.3) is 0 Å². The Kier molecular flexibility index (Phi) is 4.66. The minimum atomic E-state index is -0.125. The number of aromatic nitrogens is 1. The van der Waals surface area contributed by atoms with Gasteiger partial charge in [0, 0.05) is 18.2 Å². The van der Waals surface area contributed by atoms with Crippen molar-refractivity contribution in [2.75, 3.05) is 14.2 Å². The van der Waals surface area contributed by atoms with Gasteiger partial charge in [-0.15, -0.1) is 0 Å². The number of pyridine rings is 1. The van der Waals surface area contributed by atoms with Gasteiger partial charge in [0.05, 0.1) is 14.2 Å². The minimum Gasteiger partial charge on any atom is -0.493 e. The van der Waals surface area contributed by atoms with Gasteiger partial charge in [0.15, 0.2) is 23.6 Å². The third-order valence-corrected chi connectivity index (χ3v) is 3.02. The largest absolute Gasteiger partial charge is 0.493 e. The minimum absolute atomic E-state index is 0.125. The molecule has 0 aliphatic carbocycles. The molecule has 0 spiro atoms. The van der Waals surface area contributed by atoms with E-state index in [9.17, 15) is 9.59 Å². The fourth-order valence-corrected chi connectivity index (χ4v) is 1.91. The van der Waals surface area contributed by atoms with E-state index in [4.69, 9.17) is 9.47 Å². The Morgan fingerprint density at radius 2 is 1.90 bits per heavy atom. The highest BCUT2D eigenvalue weighted by Gasteiger charge is 2.11. The zero-order valence-electron chi connectivity index (χ0n) is 11.8. The molecule has 0 amide bonds. The Labute approximate surface area is 122 Å². The van der Waals surface area contributed by atoms with Crippen LogP contribution in [-0.2, 0) is 6.42 Å². The maximum atomic E-state index is 12.1. The van der Waals surface area contributed by atoms with Gasteiger partial charge in [0.1, 0.15) is 5.69 Å². The lowest BCUT2D eigenvalue weighted by atomic mass is 10.1. The molecule has 0 aliphatic heterocycles. The Morgan fingerprint density at radius 1 is 1.14 bits per heavy atom. The molecule has 0 bridgehead atoms. The van der Waals surface area contributed by atoms with E-state index in [0.717, 1.165) is 5.56 Å². The van der Waals surface area contributed by atoms with Crippen molar-refractivity contribution in [3.05, 3.63) is 53.3 Å². The maximum Gasteiger partial charge on any atom is 0.185 e. The van der Waals surface area contributed by atoms with Crippen LogP contribution in [0.4, 0.5) is 0 Å². The van der Waals surface area contributed by atoms with Crippen molar-refractivity contribution >= 4 is 12.1 Å². The van der Waals surface area contributed by atoms with Crippen LogP contribution in [0.1, 0.15) is 26.4 Å². The molecule has 108 valence electrons. The molecule has 0 fully saturated rings. The van der Waals surface area contributed by atoms with Crippen LogP contribution in [0.2, 0.25) is 0 Å². The highest BCUT2D eigenvalue weighted by Crippen LogP contribution is 2.27. The number of carbonyl (C=O) groups excluding carboxylic acids is 2. The molecular formula is C16H15NO4. The molecular weight excluding hydrogens is 270 g/mol. The van der Waals surface area contributed by atoms with E-state index in [1.165, 1.54) is 6.20 Å². The molecule has 5 nitrogen and oxygen atoms in total. The van der Waals surface area contributed by atoms with Crippen molar-refractivity contribution in [3.63, 3.8) is 0 Å². The van der Waals surface area contributed by atoms with Gasteiger partial charge in [-0.1, -0.05) is 6.07 Å². The fraction of sp³-hybridized carbons (Fsp3) is 0.188. The van der Waals surface area contributed by atoms with Crippen LogP contribution in [0.15, 0.2) is 36.5 Å². The van der Waals surface area contributed by atoms with Crippen LogP contribution in [0.5, 0.6) is 11.5 Å². The SMILES string of the molecule is COc1ccc(CC(=O)c2ccc(C=O)cn2)cc1OC. The van der Waals surface area contributed by atoms with Gasteiger partial charge in [-0.05, 0) is 29.8 Å². The van der Waals surface area contributed by atoms with E-state index in [2.05, 4.69) is 4.98 Å². The summed E-state index contributed by atoms with van der Waals surface area (Å²) in [6.07, 6.45) is 2.28. The second kappa shape index (κ2) is 6.65. The highest BCUT2D eigenvalue weighted by molar-refractivity contribution is 5.96. The Hall–Kier alpha value is -2.69. The summed E-state index contributed by atoms with van der Waals surface area (Å²) < 4.78 is 10.4. The average molecular weight is 285 g/mol. The molecule has 2 aromatic rings. The standard InChI is InChI=1S/C16H15NO4/c1-20-15-6-4-11(8-16(15)21-2)7-14(19)13-5-3-12(10-18)9-17-13/h3-6,8-10H,7H2,1-2H3. The molecule has 0 atom stereocenters. The number of hydrogen-bond donors (Lipinski definition) is 0. The predicted octanol–water partition coefficient (Wildman–Crippen LogP) is 2.34. The van der Waals surface area contributed by atoms with Crippen molar-refractivity contribution < 1.29 is 19.1 Å². The number of aldehydes is 1. The summed E-state index contributed by atoms with van der Waals surface area (Å²) >= 11 is 0. The zero-order valence-corrected chi connectivity index (χ0v) is 11.8. The molecule has 2 rings (SSSR count). The summed E-state index contributed by atoms with van der Waals surface area (Å²) in [5.74, 6) is 1.06. The number of Topliss-reactive ketones (excluding diaryl/α,β-unsaturated/α-hetero) is 1. The normalized spacial score (nSPS) is 10.0. The number of ether oxygens (including phenoxy) is 2. The highest BCUT2D eigenvalue weighted by atomic mass is 16.5. The van der Waals surface area contributed by atoms with Crippen molar-refractivity contribution in [2.45, 2.75) is 6.42 Å². The number of benzene rings is 1. The van der Waals surface area contributed by atoms with Crippen LogP contribution in [0.3, 0.4) is 0 Å². The van der Waals surface area contributed by atoms with E-state index < -0.39 is 0 Å². The molecule has 21 heavy (non-hydrogen) atoms. The monoisotopic (exact) mass is 285 g/mol. The first-order valence-corrected chi connectivity index (χ1v) is 6.33. The van der Waals surface area contributed by atoms with Gasteiger partial charge in [-0.2, -0.15) is 0 Å². The number of carbonyl (C=O) groups is 2. The summed E-state index contributed by atoms with van der Waals surface area (Å²) in [6.45, 7) is 0. The van der Waals surface area contributed by atoms with Crippen molar-refractivity contribution in [1.82, 2.24) is 4.98 Å². The summed E-state index contributed by atoms with van der Waals surface area (Å²) in [5.41, 5.74) is 1.58. The molecule has 0 radical (unpaired) electrons. The zero-order chi connectivity index (χ0) is 15.2. The number of methoxy groups -OCH3 is 2. The van der Waals surface area contributed by atoms with Crippen molar-refractivity contribution in [3.8, 4) is 11.5 Å². The fourth-order valence-electron chi connectivity index (χ4n) is 1.91. The van der Waals surface area contributed by atoms with Crippen LogP contribution in [0.25, 0.3) is 0 Å². The predicted molar refractivity (Wildman–Crippen MR) is 77.2 cm³/mol. The molecule has 0 aliphatic rings. The molecule has 0 saturated carbocycles. The van der Waals surface area contributed by atoms with Crippen LogP contribution in [-0.4, -0.2) is 31.3 Å².